The van der Waals surface area contributed by atoms with E-state index in [4.69, 9.17) is 9.47 Å². The second kappa shape index (κ2) is 9.04. The quantitative estimate of drug-likeness (QED) is 0.682. The minimum atomic E-state index is -0.456. The molecule has 2 aliphatic heterocycles. The van der Waals surface area contributed by atoms with E-state index in [-0.39, 0.29) is 11.9 Å². The number of pyridine rings is 1. The fourth-order valence-corrected chi connectivity index (χ4v) is 4.97. The highest BCUT2D eigenvalue weighted by molar-refractivity contribution is 5.79. The number of ether oxygens (including phenoxy) is 2. The first-order chi connectivity index (χ1) is 14.6. The molecule has 160 valence electrons. The average Bonchev–Trinajstić information content (AvgIpc) is 3.05. The molecule has 6 heteroatoms. The largest absolute Gasteiger partial charge is 0.497 e. The van der Waals surface area contributed by atoms with Gasteiger partial charge in [0.15, 0.2) is 0 Å². The predicted molar refractivity (Wildman–Crippen MR) is 117 cm³/mol. The van der Waals surface area contributed by atoms with Crippen LogP contribution in [0.25, 0.3) is 0 Å². The summed E-state index contributed by atoms with van der Waals surface area (Å²) in [4.78, 5) is 22.4. The van der Waals surface area contributed by atoms with Crippen molar-refractivity contribution in [3.63, 3.8) is 0 Å². The van der Waals surface area contributed by atoms with Gasteiger partial charge in [0, 0.05) is 38.3 Å². The number of benzene rings is 1. The summed E-state index contributed by atoms with van der Waals surface area (Å²) in [6.07, 6.45) is 3.66. The van der Waals surface area contributed by atoms with E-state index in [2.05, 4.69) is 26.9 Å². The summed E-state index contributed by atoms with van der Waals surface area (Å²) < 4.78 is 10.9. The van der Waals surface area contributed by atoms with Crippen molar-refractivity contribution in [3.8, 4) is 5.75 Å². The van der Waals surface area contributed by atoms with E-state index in [9.17, 15) is 4.79 Å². The molecule has 1 aromatic heterocycles. The van der Waals surface area contributed by atoms with Gasteiger partial charge in [-0.05, 0) is 56.1 Å². The zero-order valence-electron chi connectivity index (χ0n) is 17.9. The lowest BCUT2D eigenvalue weighted by molar-refractivity contribution is -0.157. The van der Waals surface area contributed by atoms with Crippen molar-refractivity contribution in [1.82, 2.24) is 9.88 Å². The van der Waals surface area contributed by atoms with Crippen LogP contribution in [0.4, 0.5) is 5.82 Å². The Morgan fingerprint density at radius 3 is 2.73 bits per heavy atom. The van der Waals surface area contributed by atoms with Gasteiger partial charge in [-0.1, -0.05) is 18.2 Å². The molecule has 0 radical (unpaired) electrons. The van der Waals surface area contributed by atoms with Crippen molar-refractivity contribution in [2.75, 3.05) is 44.8 Å². The second-order valence-corrected chi connectivity index (χ2v) is 8.33. The average molecular weight is 410 g/mol. The number of carbonyl (C=O) groups excluding carboxylic acids is 1. The molecule has 30 heavy (non-hydrogen) atoms. The van der Waals surface area contributed by atoms with Crippen molar-refractivity contribution >= 4 is 11.8 Å². The summed E-state index contributed by atoms with van der Waals surface area (Å²) in [6.45, 7) is 6.58. The number of rotatable bonds is 6. The lowest BCUT2D eigenvalue weighted by Gasteiger charge is -2.31. The molecule has 0 unspecified atom stereocenters. The molecule has 0 saturated carbocycles. The van der Waals surface area contributed by atoms with Gasteiger partial charge in [-0.15, -0.1) is 0 Å². The standard InChI is InChI=1S/C24H31N3O3/c1-3-30-23(28)24-12-6-14-26(15-19-8-10-21(29-2)11-9-19)16-20(24)17-27(18-24)22-7-4-5-13-25-22/h4-5,7-11,13,20H,3,6,12,14-18H2,1-2H3/t20-,24-/m1/s1. The Balaban J connectivity index is 1.55. The Bertz CT molecular complexity index is 843. The fraction of sp³-hybridized carbons (Fsp3) is 0.500. The van der Waals surface area contributed by atoms with Crippen molar-refractivity contribution in [1.29, 1.82) is 0 Å². The molecule has 0 amide bonds. The number of carbonyl (C=O) groups is 1. The van der Waals surface area contributed by atoms with E-state index in [1.54, 1.807) is 7.11 Å². The van der Waals surface area contributed by atoms with E-state index < -0.39 is 5.41 Å². The molecule has 4 rings (SSSR count). The summed E-state index contributed by atoms with van der Waals surface area (Å²) in [5.74, 6) is 1.99. The molecule has 2 saturated heterocycles. The van der Waals surface area contributed by atoms with E-state index in [1.807, 2.05) is 43.5 Å². The molecule has 2 atom stereocenters. The highest BCUT2D eigenvalue weighted by Gasteiger charge is 2.54. The summed E-state index contributed by atoms with van der Waals surface area (Å²) in [5.41, 5.74) is 0.807. The van der Waals surface area contributed by atoms with Gasteiger partial charge in [0.2, 0.25) is 0 Å². The van der Waals surface area contributed by atoms with Gasteiger partial charge in [0.1, 0.15) is 11.6 Å². The molecule has 2 aliphatic rings. The van der Waals surface area contributed by atoms with Crippen LogP contribution in [0.5, 0.6) is 5.75 Å². The van der Waals surface area contributed by atoms with Gasteiger partial charge >= 0.3 is 5.97 Å². The molecule has 1 aromatic carbocycles. The predicted octanol–water partition coefficient (Wildman–Crippen LogP) is 3.37. The van der Waals surface area contributed by atoms with E-state index in [0.717, 1.165) is 50.6 Å². The maximum absolute atomic E-state index is 13.2. The molecular weight excluding hydrogens is 378 g/mol. The molecule has 3 heterocycles. The summed E-state index contributed by atoms with van der Waals surface area (Å²) >= 11 is 0. The number of esters is 1. The number of hydrogen-bond acceptors (Lipinski definition) is 6. The normalized spacial score (nSPS) is 24.2. The highest BCUT2D eigenvalue weighted by atomic mass is 16.5. The zero-order chi connectivity index (χ0) is 21.0. The molecule has 0 bridgehead atoms. The van der Waals surface area contributed by atoms with Crippen molar-refractivity contribution in [2.24, 2.45) is 11.3 Å². The summed E-state index contributed by atoms with van der Waals surface area (Å²) in [6, 6.07) is 14.2. The number of anilines is 1. The van der Waals surface area contributed by atoms with Gasteiger partial charge in [-0.3, -0.25) is 9.69 Å². The number of likely N-dealkylation sites (tertiary alicyclic amines) is 1. The Morgan fingerprint density at radius 1 is 1.20 bits per heavy atom. The van der Waals surface area contributed by atoms with Crippen LogP contribution in [0.1, 0.15) is 25.3 Å². The number of aromatic nitrogens is 1. The molecule has 0 aliphatic carbocycles. The van der Waals surface area contributed by atoms with Crippen LogP contribution in [0, 0.1) is 11.3 Å². The van der Waals surface area contributed by atoms with Gasteiger partial charge in [-0.25, -0.2) is 4.98 Å². The van der Waals surface area contributed by atoms with Crippen LogP contribution in [-0.2, 0) is 16.1 Å². The molecule has 2 fully saturated rings. The van der Waals surface area contributed by atoms with E-state index in [1.165, 1.54) is 5.56 Å². The van der Waals surface area contributed by atoms with Crippen molar-refractivity contribution in [2.45, 2.75) is 26.3 Å². The van der Waals surface area contributed by atoms with Crippen LogP contribution in [0.15, 0.2) is 48.7 Å². The van der Waals surface area contributed by atoms with E-state index >= 15 is 0 Å². The van der Waals surface area contributed by atoms with E-state index in [0.29, 0.717) is 13.2 Å². The van der Waals surface area contributed by atoms with Gasteiger partial charge < -0.3 is 14.4 Å². The number of nitrogens with zero attached hydrogens (tertiary/aromatic N) is 3. The fourth-order valence-electron chi connectivity index (χ4n) is 4.97. The number of hydrogen-bond donors (Lipinski definition) is 0. The Hall–Kier alpha value is -2.60. The first-order valence-electron chi connectivity index (χ1n) is 10.8. The number of methoxy groups -OCH3 is 1. The summed E-state index contributed by atoms with van der Waals surface area (Å²) in [5, 5.41) is 0. The lowest BCUT2D eigenvalue weighted by Crippen LogP contribution is -2.42. The maximum Gasteiger partial charge on any atom is 0.314 e. The SMILES string of the molecule is CCOC(=O)[C@@]12CCCN(Cc3ccc(OC)cc3)C[C@@H]1CN(c1ccccn1)C2. The Morgan fingerprint density at radius 2 is 2.03 bits per heavy atom. The smallest absolute Gasteiger partial charge is 0.314 e. The molecule has 0 N–H and O–H groups in total. The second-order valence-electron chi connectivity index (χ2n) is 8.33. The van der Waals surface area contributed by atoms with Crippen LogP contribution in [-0.4, -0.2) is 55.7 Å². The third kappa shape index (κ3) is 4.15. The van der Waals surface area contributed by atoms with Crippen LogP contribution in [0.2, 0.25) is 0 Å². The molecule has 2 aromatic rings. The van der Waals surface area contributed by atoms with Gasteiger partial charge in [0.25, 0.3) is 0 Å². The van der Waals surface area contributed by atoms with Crippen LogP contribution < -0.4 is 9.64 Å². The molecule has 0 spiro atoms. The minimum absolute atomic E-state index is 0.0419. The first-order valence-corrected chi connectivity index (χ1v) is 10.8. The topological polar surface area (TPSA) is 54.9 Å². The highest BCUT2D eigenvalue weighted by Crippen LogP contribution is 2.45. The third-order valence-electron chi connectivity index (χ3n) is 6.49. The third-order valence-corrected chi connectivity index (χ3v) is 6.49. The van der Waals surface area contributed by atoms with Gasteiger partial charge in [-0.2, -0.15) is 0 Å². The minimum Gasteiger partial charge on any atom is -0.497 e. The van der Waals surface area contributed by atoms with Crippen LogP contribution >= 0.6 is 0 Å². The Labute approximate surface area is 178 Å². The van der Waals surface area contributed by atoms with Crippen molar-refractivity contribution < 1.29 is 14.3 Å². The maximum atomic E-state index is 13.2. The summed E-state index contributed by atoms with van der Waals surface area (Å²) in [7, 11) is 1.69. The Kier molecular flexibility index (Phi) is 6.23. The monoisotopic (exact) mass is 409 g/mol. The number of fused-ring (bicyclic) bond motifs is 1. The lowest BCUT2D eigenvalue weighted by atomic mass is 9.75. The van der Waals surface area contributed by atoms with Crippen molar-refractivity contribution in [3.05, 3.63) is 54.2 Å². The van der Waals surface area contributed by atoms with Gasteiger partial charge in [0.05, 0.1) is 19.1 Å². The molecular formula is C24H31N3O3. The molecule has 6 nitrogen and oxygen atoms in total. The first kappa shape index (κ1) is 20.7. The zero-order valence-corrected chi connectivity index (χ0v) is 17.9. The van der Waals surface area contributed by atoms with Crippen LogP contribution in [0.3, 0.4) is 0 Å².